The van der Waals surface area contributed by atoms with Crippen LogP contribution < -0.4 is 5.73 Å². The van der Waals surface area contributed by atoms with Crippen LogP contribution in [0.1, 0.15) is 13.3 Å². The van der Waals surface area contributed by atoms with Crippen LogP contribution in [-0.4, -0.2) is 23.9 Å². The van der Waals surface area contributed by atoms with Crippen LogP contribution in [0.3, 0.4) is 0 Å². The molecule has 1 atom stereocenters. The smallest absolute Gasteiger partial charge is 0.404 e. The van der Waals surface area contributed by atoms with Crippen molar-refractivity contribution in [3.05, 3.63) is 12.2 Å². The normalized spacial score (nSPS) is 13.3. The summed E-state index contributed by atoms with van der Waals surface area (Å²) in [5.41, 5.74) is 4.74. The molecular weight excluding hydrogens is 146 g/mol. The maximum Gasteiger partial charge on any atom is 0.404 e. The molecule has 0 spiro atoms. The average Bonchev–Trinajstić information content (AvgIpc) is 1.97. The topological polar surface area (TPSA) is 72.6 Å². The van der Waals surface area contributed by atoms with Crippen molar-refractivity contribution in [3.8, 4) is 0 Å². The molecule has 0 rings (SSSR count). The number of hydrogen-bond donors (Lipinski definition) is 2. The first kappa shape index (κ1) is 9.97. The lowest BCUT2D eigenvalue weighted by Crippen LogP contribution is -2.25. The highest BCUT2D eigenvalue weighted by Crippen LogP contribution is 1.98. The standard InChI is InChI=1S/C7H13NO3/c1-2-3-4-6(5-9)11-7(8)10/h2-3,6,9H,4-5H2,1H3,(H2,8,10). The first-order valence-electron chi connectivity index (χ1n) is 3.38. The van der Waals surface area contributed by atoms with Crippen LogP contribution in [0, 0.1) is 0 Å². The number of allylic oxidation sites excluding steroid dienone is 1. The van der Waals surface area contributed by atoms with E-state index in [0.717, 1.165) is 0 Å². The van der Waals surface area contributed by atoms with Crippen LogP contribution in [0.2, 0.25) is 0 Å². The van der Waals surface area contributed by atoms with Crippen molar-refractivity contribution in [2.24, 2.45) is 5.73 Å². The molecule has 1 unspecified atom stereocenters. The van der Waals surface area contributed by atoms with E-state index in [1.165, 1.54) is 0 Å². The Morgan fingerprint density at radius 1 is 1.82 bits per heavy atom. The van der Waals surface area contributed by atoms with E-state index < -0.39 is 12.2 Å². The summed E-state index contributed by atoms with van der Waals surface area (Å²) in [5.74, 6) is 0. The first-order valence-corrected chi connectivity index (χ1v) is 3.38. The fraction of sp³-hybridized carbons (Fsp3) is 0.571. The number of hydrogen-bond acceptors (Lipinski definition) is 3. The summed E-state index contributed by atoms with van der Waals surface area (Å²) in [5, 5.41) is 8.63. The van der Waals surface area contributed by atoms with Gasteiger partial charge in [0.1, 0.15) is 6.10 Å². The van der Waals surface area contributed by atoms with Gasteiger partial charge in [-0.2, -0.15) is 0 Å². The summed E-state index contributed by atoms with van der Waals surface area (Å²) in [6, 6.07) is 0. The van der Waals surface area contributed by atoms with Gasteiger partial charge < -0.3 is 15.6 Å². The number of nitrogens with two attached hydrogens (primary N) is 1. The molecule has 0 aromatic carbocycles. The van der Waals surface area contributed by atoms with E-state index in [0.29, 0.717) is 6.42 Å². The van der Waals surface area contributed by atoms with Crippen molar-refractivity contribution < 1.29 is 14.6 Å². The summed E-state index contributed by atoms with van der Waals surface area (Å²) in [6.07, 6.45) is 2.74. The lowest BCUT2D eigenvalue weighted by Gasteiger charge is -2.10. The van der Waals surface area contributed by atoms with E-state index in [9.17, 15) is 4.79 Å². The third-order valence-corrected chi connectivity index (χ3v) is 1.12. The maximum atomic E-state index is 10.2. The zero-order valence-electron chi connectivity index (χ0n) is 6.49. The van der Waals surface area contributed by atoms with E-state index in [2.05, 4.69) is 4.74 Å². The number of rotatable bonds is 4. The molecule has 0 aliphatic rings. The molecule has 4 heteroatoms. The van der Waals surface area contributed by atoms with Gasteiger partial charge in [0.15, 0.2) is 0 Å². The zero-order chi connectivity index (χ0) is 8.69. The Morgan fingerprint density at radius 3 is 2.82 bits per heavy atom. The highest BCUT2D eigenvalue weighted by molar-refractivity contribution is 5.64. The van der Waals surface area contributed by atoms with Crippen molar-refractivity contribution in [1.82, 2.24) is 0 Å². The number of aliphatic hydroxyl groups is 1. The molecule has 64 valence electrons. The summed E-state index contributed by atoms with van der Waals surface area (Å²) in [4.78, 5) is 10.2. The molecule has 0 saturated carbocycles. The van der Waals surface area contributed by atoms with Gasteiger partial charge in [-0.3, -0.25) is 0 Å². The lowest BCUT2D eigenvalue weighted by atomic mass is 10.2. The van der Waals surface area contributed by atoms with E-state index in [-0.39, 0.29) is 6.61 Å². The van der Waals surface area contributed by atoms with Gasteiger partial charge in [0.05, 0.1) is 6.61 Å². The SMILES string of the molecule is CC=CCC(CO)OC(N)=O. The van der Waals surface area contributed by atoms with Crippen molar-refractivity contribution in [1.29, 1.82) is 0 Å². The molecule has 0 aromatic heterocycles. The second kappa shape index (κ2) is 5.73. The number of aliphatic hydroxyl groups excluding tert-OH is 1. The molecule has 0 aliphatic carbocycles. The molecule has 0 aromatic rings. The fourth-order valence-electron chi connectivity index (χ4n) is 0.612. The Balaban J connectivity index is 3.66. The Bertz CT molecular complexity index is 145. The molecule has 0 saturated heterocycles. The summed E-state index contributed by atoms with van der Waals surface area (Å²) < 4.78 is 4.54. The van der Waals surface area contributed by atoms with Gasteiger partial charge in [0.2, 0.25) is 0 Å². The highest BCUT2D eigenvalue weighted by atomic mass is 16.6. The van der Waals surface area contributed by atoms with Crippen LogP contribution in [-0.2, 0) is 4.74 Å². The van der Waals surface area contributed by atoms with Crippen LogP contribution in [0.4, 0.5) is 4.79 Å². The Morgan fingerprint density at radius 2 is 2.45 bits per heavy atom. The van der Waals surface area contributed by atoms with Crippen molar-refractivity contribution in [2.45, 2.75) is 19.4 Å². The monoisotopic (exact) mass is 159 g/mol. The minimum atomic E-state index is -0.853. The van der Waals surface area contributed by atoms with E-state index in [1.807, 2.05) is 13.0 Å². The van der Waals surface area contributed by atoms with Crippen LogP contribution >= 0.6 is 0 Å². The van der Waals surface area contributed by atoms with Gasteiger partial charge in [-0.25, -0.2) is 4.79 Å². The molecule has 0 bridgehead atoms. The lowest BCUT2D eigenvalue weighted by molar-refractivity contribution is 0.0654. The molecule has 4 nitrogen and oxygen atoms in total. The minimum Gasteiger partial charge on any atom is -0.444 e. The molecular formula is C7H13NO3. The van der Waals surface area contributed by atoms with Crippen LogP contribution in [0.15, 0.2) is 12.2 Å². The molecule has 11 heavy (non-hydrogen) atoms. The Hall–Kier alpha value is -1.03. The average molecular weight is 159 g/mol. The second-order valence-electron chi connectivity index (χ2n) is 2.05. The fourth-order valence-corrected chi connectivity index (χ4v) is 0.612. The zero-order valence-corrected chi connectivity index (χ0v) is 6.49. The molecule has 1 amide bonds. The molecule has 0 aliphatic heterocycles. The summed E-state index contributed by atoms with van der Waals surface area (Å²) >= 11 is 0. The third-order valence-electron chi connectivity index (χ3n) is 1.12. The number of amides is 1. The third kappa shape index (κ3) is 5.42. The van der Waals surface area contributed by atoms with E-state index in [1.54, 1.807) is 6.08 Å². The molecule has 0 radical (unpaired) electrons. The number of ether oxygens (including phenoxy) is 1. The van der Waals surface area contributed by atoms with Gasteiger partial charge in [0.25, 0.3) is 0 Å². The Labute approximate surface area is 65.6 Å². The van der Waals surface area contributed by atoms with Crippen molar-refractivity contribution >= 4 is 6.09 Å². The summed E-state index contributed by atoms with van der Waals surface area (Å²) in [6.45, 7) is 1.64. The predicted molar refractivity (Wildman–Crippen MR) is 41.0 cm³/mol. The van der Waals surface area contributed by atoms with E-state index >= 15 is 0 Å². The van der Waals surface area contributed by atoms with Crippen molar-refractivity contribution in [3.63, 3.8) is 0 Å². The van der Waals surface area contributed by atoms with Gasteiger partial charge in [-0.15, -0.1) is 0 Å². The van der Waals surface area contributed by atoms with Crippen LogP contribution in [0.5, 0.6) is 0 Å². The predicted octanol–water partition coefficient (Wildman–Crippen LogP) is 0.409. The second-order valence-corrected chi connectivity index (χ2v) is 2.05. The van der Waals surface area contributed by atoms with Gasteiger partial charge >= 0.3 is 6.09 Å². The van der Waals surface area contributed by atoms with Crippen molar-refractivity contribution in [2.75, 3.05) is 6.61 Å². The van der Waals surface area contributed by atoms with Gasteiger partial charge in [-0.1, -0.05) is 12.2 Å². The number of carbonyl (C=O) groups is 1. The summed E-state index contributed by atoms with van der Waals surface area (Å²) in [7, 11) is 0. The number of carbonyl (C=O) groups excluding carboxylic acids is 1. The first-order chi connectivity index (χ1) is 5.20. The largest absolute Gasteiger partial charge is 0.444 e. The quantitative estimate of drug-likeness (QED) is 0.583. The van der Waals surface area contributed by atoms with Crippen LogP contribution in [0.25, 0.3) is 0 Å². The minimum absolute atomic E-state index is 0.201. The van der Waals surface area contributed by atoms with Gasteiger partial charge in [0, 0.05) is 6.42 Å². The Kier molecular flexibility index (Phi) is 5.20. The molecule has 3 N–H and O–H groups in total. The molecule has 0 fully saturated rings. The van der Waals surface area contributed by atoms with Gasteiger partial charge in [-0.05, 0) is 6.92 Å². The number of primary amides is 1. The maximum absolute atomic E-state index is 10.2. The molecule has 0 heterocycles. The van der Waals surface area contributed by atoms with E-state index in [4.69, 9.17) is 10.8 Å². The highest BCUT2D eigenvalue weighted by Gasteiger charge is 2.07.